The lowest BCUT2D eigenvalue weighted by molar-refractivity contribution is -0.118. The van der Waals surface area contributed by atoms with Crippen molar-refractivity contribution in [2.75, 3.05) is 0 Å². The van der Waals surface area contributed by atoms with Crippen molar-refractivity contribution < 1.29 is 9.53 Å². The van der Waals surface area contributed by atoms with E-state index in [1.807, 2.05) is 6.08 Å². The van der Waals surface area contributed by atoms with Gasteiger partial charge in [0.05, 0.1) is 6.26 Å². The maximum absolute atomic E-state index is 10.5. The van der Waals surface area contributed by atoms with Crippen LogP contribution < -0.4 is 0 Å². The van der Waals surface area contributed by atoms with Gasteiger partial charge in [0.15, 0.2) is 0 Å². The molecule has 1 rings (SSSR count). The summed E-state index contributed by atoms with van der Waals surface area (Å²) >= 11 is 0. The molecule has 1 aliphatic rings. The van der Waals surface area contributed by atoms with Gasteiger partial charge in [-0.2, -0.15) is 0 Å². The van der Waals surface area contributed by atoms with Crippen molar-refractivity contribution in [3.8, 4) is 0 Å². The molecule has 1 heterocycles. The molecule has 0 N–H and O–H groups in total. The van der Waals surface area contributed by atoms with Gasteiger partial charge in [0.1, 0.15) is 11.9 Å². The lowest BCUT2D eigenvalue weighted by Gasteiger charge is -2.05. The van der Waals surface area contributed by atoms with E-state index in [1.165, 1.54) is 0 Å². The molecule has 2 nitrogen and oxygen atoms in total. The van der Waals surface area contributed by atoms with Crippen LogP contribution in [0.25, 0.3) is 0 Å². The maximum atomic E-state index is 10.5. The van der Waals surface area contributed by atoms with Gasteiger partial charge in [-0.3, -0.25) is 4.79 Å². The third-order valence-electron chi connectivity index (χ3n) is 1.28. The molecule has 1 atom stereocenters. The molecule has 0 saturated carbocycles. The topological polar surface area (TPSA) is 26.3 Å². The predicted octanol–water partition coefficient (Wildman–Crippen LogP) is 1.27. The van der Waals surface area contributed by atoms with E-state index in [4.69, 9.17) is 4.74 Å². The van der Waals surface area contributed by atoms with Gasteiger partial charge in [-0.25, -0.2) is 0 Å². The molecular formula is C7H10O2. The fourth-order valence-electron chi connectivity index (χ4n) is 0.882. The lowest BCUT2D eigenvalue weighted by atomic mass is 10.1. The van der Waals surface area contributed by atoms with Gasteiger partial charge in [-0.05, 0) is 13.0 Å². The first-order chi connectivity index (χ1) is 4.29. The standard InChI is InChI=1S/C7H10O2/c1-6(8)5-7-3-2-4-9-7/h2,4,7H,3,5H2,1H3. The second-order valence-corrected chi connectivity index (χ2v) is 2.27. The molecule has 0 aromatic rings. The van der Waals surface area contributed by atoms with Crippen LogP contribution in [0, 0.1) is 0 Å². The van der Waals surface area contributed by atoms with Crippen LogP contribution in [0.2, 0.25) is 0 Å². The minimum absolute atomic E-state index is 0.127. The summed E-state index contributed by atoms with van der Waals surface area (Å²) in [6.45, 7) is 1.58. The fourth-order valence-corrected chi connectivity index (χ4v) is 0.882. The first-order valence-corrected chi connectivity index (χ1v) is 3.09. The van der Waals surface area contributed by atoms with E-state index in [0.717, 1.165) is 6.42 Å². The number of Topliss-reactive ketones (excluding diaryl/α,β-unsaturated/α-hetero) is 1. The van der Waals surface area contributed by atoms with E-state index < -0.39 is 0 Å². The van der Waals surface area contributed by atoms with Crippen LogP contribution in [0.15, 0.2) is 12.3 Å². The molecule has 0 aromatic heterocycles. The van der Waals surface area contributed by atoms with E-state index >= 15 is 0 Å². The summed E-state index contributed by atoms with van der Waals surface area (Å²) in [7, 11) is 0. The zero-order valence-corrected chi connectivity index (χ0v) is 5.46. The van der Waals surface area contributed by atoms with Crippen LogP contribution in [0.5, 0.6) is 0 Å². The number of rotatable bonds is 2. The number of carbonyl (C=O) groups excluding carboxylic acids is 1. The average molecular weight is 126 g/mol. The van der Waals surface area contributed by atoms with Gasteiger partial charge in [0.2, 0.25) is 0 Å². The normalized spacial score (nSPS) is 23.9. The third-order valence-corrected chi connectivity index (χ3v) is 1.28. The molecule has 0 radical (unpaired) electrons. The van der Waals surface area contributed by atoms with E-state index in [9.17, 15) is 4.79 Å². The number of hydrogen-bond acceptors (Lipinski definition) is 2. The Morgan fingerprint density at radius 2 is 2.67 bits per heavy atom. The van der Waals surface area contributed by atoms with Crippen LogP contribution in [0.3, 0.4) is 0 Å². The predicted molar refractivity (Wildman–Crippen MR) is 33.9 cm³/mol. The second-order valence-electron chi connectivity index (χ2n) is 2.27. The quantitative estimate of drug-likeness (QED) is 0.557. The summed E-state index contributed by atoms with van der Waals surface area (Å²) in [6.07, 6.45) is 5.16. The summed E-state index contributed by atoms with van der Waals surface area (Å²) in [5.74, 6) is 0.198. The van der Waals surface area contributed by atoms with Gasteiger partial charge >= 0.3 is 0 Å². The van der Waals surface area contributed by atoms with Crippen molar-refractivity contribution in [2.24, 2.45) is 0 Å². The van der Waals surface area contributed by atoms with Crippen molar-refractivity contribution in [3.05, 3.63) is 12.3 Å². The molecule has 9 heavy (non-hydrogen) atoms. The Balaban J connectivity index is 2.22. The molecule has 0 bridgehead atoms. The Bertz CT molecular complexity index is 130. The van der Waals surface area contributed by atoms with Gasteiger partial charge < -0.3 is 4.74 Å². The summed E-state index contributed by atoms with van der Waals surface area (Å²) in [5.41, 5.74) is 0. The first-order valence-electron chi connectivity index (χ1n) is 3.09. The smallest absolute Gasteiger partial charge is 0.133 e. The Morgan fingerprint density at radius 3 is 3.11 bits per heavy atom. The van der Waals surface area contributed by atoms with Crippen LogP contribution in [0.4, 0.5) is 0 Å². The molecule has 0 spiro atoms. The molecule has 1 unspecified atom stereocenters. The molecule has 0 aromatic carbocycles. The zero-order valence-electron chi connectivity index (χ0n) is 5.46. The molecule has 2 heteroatoms. The summed E-state index contributed by atoms with van der Waals surface area (Å²) < 4.78 is 5.06. The highest BCUT2D eigenvalue weighted by atomic mass is 16.5. The van der Waals surface area contributed by atoms with Crippen LogP contribution in [0.1, 0.15) is 19.8 Å². The fraction of sp³-hybridized carbons (Fsp3) is 0.571. The van der Waals surface area contributed by atoms with Crippen molar-refractivity contribution in [1.82, 2.24) is 0 Å². The third kappa shape index (κ3) is 1.88. The monoisotopic (exact) mass is 126 g/mol. The van der Waals surface area contributed by atoms with E-state index in [2.05, 4.69) is 0 Å². The number of ether oxygens (including phenoxy) is 1. The second kappa shape index (κ2) is 2.67. The highest BCUT2D eigenvalue weighted by Crippen LogP contribution is 2.11. The highest BCUT2D eigenvalue weighted by Gasteiger charge is 2.12. The minimum Gasteiger partial charge on any atom is -0.498 e. The van der Waals surface area contributed by atoms with Gasteiger partial charge in [0.25, 0.3) is 0 Å². The van der Waals surface area contributed by atoms with Gasteiger partial charge in [0, 0.05) is 12.8 Å². The number of hydrogen-bond donors (Lipinski definition) is 0. The molecular weight excluding hydrogens is 116 g/mol. The van der Waals surface area contributed by atoms with Crippen molar-refractivity contribution in [1.29, 1.82) is 0 Å². The first kappa shape index (κ1) is 6.33. The van der Waals surface area contributed by atoms with E-state index in [1.54, 1.807) is 13.2 Å². The Morgan fingerprint density at radius 1 is 1.89 bits per heavy atom. The lowest BCUT2D eigenvalue weighted by Crippen LogP contribution is -2.09. The Labute approximate surface area is 54.5 Å². The molecule has 1 aliphatic heterocycles. The van der Waals surface area contributed by atoms with E-state index in [0.29, 0.717) is 6.42 Å². The van der Waals surface area contributed by atoms with Crippen LogP contribution in [-0.2, 0) is 9.53 Å². The zero-order chi connectivity index (χ0) is 6.69. The molecule has 0 amide bonds. The Kier molecular flexibility index (Phi) is 1.88. The molecule has 50 valence electrons. The molecule has 0 aliphatic carbocycles. The minimum atomic E-state index is 0.127. The summed E-state index contributed by atoms with van der Waals surface area (Å²) in [5, 5.41) is 0. The van der Waals surface area contributed by atoms with Crippen molar-refractivity contribution in [3.63, 3.8) is 0 Å². The number of ketones is 1. The average Bonchev–Trinajstić information content (AvgIpc) is 2.15. The summed E-state index contributed by atoms with van der Waals surface area (Å²) in [4.78, 5) is 10.5. The summed E-state index contributed by atoms with van der Waals surface area (Å²) in [6, 6.07) is 0. The largest absolute Gasteiger partial charge is 0.498 e. The number of carbonyl (C=O) groups is 1. The van der Waals surface area contributed by atoms with Crippen molar-refractivity contribution in [2.45, 2.75) is 25.9 Å². The van der Waals surface area contributed by atoms with Gasteiger partial charge in [-0.1, -0.05) is 0 Å². The molecule has 0 saturated heterocycles. The van der Waals surface area contributed by atoms with Gasteiger partial charge in [-0.15, -0.1) is 0 Å². The van der Waals surface area contributed by atoms with Crippen molar-refractivity contribution >= 4 is 5.78 Å². The van der Waals surface area contributed by atoms with E-state index in [-0.39, 0.29) is 11.9 Å². The Hall–Kier alpha value is -0.790. The van der Waals surface area contributed by atoms with Crippen LogP contribution in [-0.4, -0.2) is 11.9 Å². The van der Waals surface area contributed by atoms with Crippen LogP contribution >= 0.6 is 0 Å². The maximum Gasteiger partial charge on any atom is 0.133 e. The SMILES string of the molecule is CC(=O)CC1CC=CO1. The highest BCUT2D eigenvalue weighted by molar-refractivity contribution is 5.76. The molecule has 0 fully saturated rings.